The lowest BCUT2D eigenvalue weighted by Crippen LogP contribution is -2.14. The number of benzene rings is 1. The zero-order valence-corrected chi connectivity index (χ0v) is 11.9. The second-order valence-corrected chi connectivity index (χ2v) is 6.05. The first-order valence-corrected chi connectivity index (χ1v) is 6.62. The van der Waals surface area contributed by atoms with Crippen molar-refractivity contribution in [1.82, 2.24) is 9.97 Å². The second kappa shape index (κ2) is 4.02. The molecule has 2 heterocycles. The van der Waals surface area contributed by atoms with E-state index in [0.29, 0.717) is 0 Å². The van der Waals surface area contributed by atoms with Crippen LogP contribution in [0.4, 0.5) is 0 Å². The Hall–Kier alpha value is -1.96. The van der Waals surface area contributed by atoms with E-state index in [1.165, 1.54) is 21.9 Å². The Kier molecular flexibility index (Phi) is 2.56. The van der Waals surface area contributed by atoms with Gasteiger partial charge in [-0.05, 0) is 35.6 Å². The molecule has 0 aliphatic heterocycles. The van der Waals surface area contributed by atoms with Gasteiger partial charge in [-0.15, -0.1) is 0 Å². The average Bonchev–Trinajstić information content (AvgIpc) is 2.38. The molecule has 19 heavy (non-hydrogen) atoms. The topological polar surface area (TPSA) is 25.8 Å². The van der Waals surface area contributed by atoms with Crippen molar-refractivity contribution >= 4 is 21.8 Å². The lowest BCUT2D eigenvalue weighted by Gasteiger charge is -2.25. The Morgan fingerprint density at radius 1 is 0.842 bits per heavy atom. The van der Waals surface area contributed by atoms with E-state index in [1.54, 1.807) is 0 Å². The van der Waals surface area contributed by atoms with Crippen molar-refractivity contribution in [2.45, 2.75) is 33.1 Å². The summed E-state index contributed by atoms with van der Waals surface area (Å²) in [5.74, 6) is 0. The zero-order valence-electron chi connectivity index (χ0n) is 11.9. The lowest BCUT2D eigenvalue weighted by molar-refractivity contribution is 0.593. The molecule has 0 aliphatic rings. The Balaban J connectivity index is 2.63. The van der Waals surface area contributed by atoms with Gasteiger partial charge in [-0.2, -0.15) is 0 Å². The van der Waals surface area contributed by atoms with Crippen molar-refractivity contribution in [3.63, 3.8) is 0 Å². The molecule has 0 radical (unpaired) electrons. The average molecular weight is 250 g/mol. The van der Waals surface area contributed by atoms with Crippen LogP contribution in [-0.2, 0) is 5.41 Å². The molecule has 96 valence electrons. The number of rotatable bonds is 0. The minimum Gasteiger partial charge on any atom is -0.254 e. The smallest absolute Gasteiger partial charge is 0.0967 e. The van der Waals surface area contributed by atoms with Crippen LogP contribution in [0.5, 0.6) is 0 Å². The predicted octanol–water partition coefficient (Wildman–Crippen LogP) is 4.39. The molecule has 0 unspecified atom stereocenters. The summed E-state index contributed by atoms with van der Waals surface area (Å²) in [7, 11) is 0. The highest BCUT2D eigenvalue weighted by molar-refractivity contribution is 6.06. The van der Waals surface area contributed by atoms with Gasteiger partial charge in [0, 0.05) is 23.2 Å². The van der Waals surface area contributed by atoms with Crippen LogP contribution in [-0.4, -0.2) is 9.97 Å². The van der Waals surface area contributed by atoms with Crippen LogP contribution >= 0.6 is 0 Å². The number of aryl methyl sites for hydroxylation is 1. The molecule has 0 N–H and O–H groups in total. The maximum absolute atomic E-state index is 4.56. The summed E-state index contributed by atoms with van der Waals surface area (Å²) in [6.07, 6.45) is 3.69. The van der Waals surface area contributed by atoms with Gasteiger partial charge in [-0.3, -0.25) is 9.97 Å². The van der Waals surface area contributed by atoms with Crippen molar-refractivity contribution in [3.8, 4) is 0 Å². The third-order valence-corrected chi connectivity index (χ3v) is 3.64. The largest absolute Gasteiger partial charge is 0.254 e. The summed E-state index contributed by atoms with van der Waals surface area (Å²) >= 11 is 0. The number of hydrogen-bond acceptors (Lipinski definition) is 2. The van der Waals surface area contributed by atoms with Crippen LogP contribution in [0.15, 0.2) is 36.7 Å². The van der Waals surface area contributed by atoms with Gasteiger partial charge >= 0.3 is 0 Å². The first kappa shape index (κ1) is 12.1. The summed E-state index contributed by atoms with van der Waals surface area (Å²) in [5.41, 5.74) is 4.79. The van der Waals surface area contributed by atoms with Crippen LogP contribution in [0.3, 0.4) is 0 Å². The minimum absolute atomic E-state index is 0.0927. The third-order valence-electron chi connectivity index (χ3n) is 3.64. The monoisotopic (exact) mass is 250 g/mol. The summed E-state index contributed by atoms with van der Waals surface area (Å²) in [6, 6.07) is 8.30. The SMILES string of the molecule is Cc1c(C(C)(C)C)c2cccnc2c2ncccc12. The number of pyridine rings is 2. The summed E-state index contributed by atoms with van der Waals surface area (Å²) < 4.78 is 0. The van der Waals surface area contributed by atoms with Gasteiger partial charge in [-0.1, -0.05) is 32.9 Å². The maximum atomic E-state index is 4.56. The quantitative estimate of drug-likeness (QED) is 0.553. The molecule has 0 saturated heterocycles. The Morgan fingerprint density at radius 3 is 1.95 bits per heavy atom. The fourth-order valence-electron chi connectivity index (χ4n) is 3.00. The molecule has 3 rings (SSSR count). The van der Waals surface area contributed by atoms with Crippen molar-refractivity contribution < 1.29 is 0 Å². The van der Waals surface area contributed by atoms with E-state index in [1.807, 2.05) is 24.5 Å². The number of nitrogens with zero attached hydrogens (tertiary/aromatic N) is 2. The second-order valence-electron chi connectivity index (χ2n) is 6.05. The highest BCUT2D eigenvalue weighted by atomic mass is 14.7. The van der Waals surface area contributed by atoms with Crippen LogP contribution in [0.2, 0.25) is 0 Å². The van der Waals surface area contributed by atoms with Gasteiger partial charge in [0.05, 0.1) is 11.0 Å². The number of hydrogen-bond donors (Lipinski definition) is 0. The molecule has 0 aliphatic carbocycles. The molecule has 3 aromatic rings. The first-order valence-electron chi connectivity index (χ1n) is 6.62. The molecule has 0 amide bonds. The highest BCUT2D eigenvalue weighted by Crippen LogP contribution is 2.36. The van der Waals surface area contributed by atoms with Gasteiger partial charge in [0.15, 0.2) is 0 Å². The molecular formula is C17H18N2. The molecule has 0 atom stereocenters. The van der Waals surface area contributed by atoms with Crippen molar-refractivity contribution in [2.75, 3.05) is 0 Å². The van der Waals surface area contributed by atoms with E-state index >= 15 is 0 Å². The molecule has 2 heteroatoms. The van der Waals surface area contributed by atoms with Crippen molar-refractivity contribution in [1.29, 1.82) is 0 Å². The Bertz CT molecular complexity index is 767. The van der Waals surface area contributed by atoms with Gasteiger partial charge in [-0.25, -0.2) is 0 Å². The van der Waals surface area contributed by atoms with E-state index in [0.717, 1.165) is 11.0 Å². The molecular weight excluding hydrogens is 232 g/mol. The fourth-order valence-corrected chi connectivity index (χ4v) is 3.00. The molecule has 0 fully saturated rings. The highest BCUT2D eigenvalue weighted by Gasteiger charge is 2.22. The van der Waals surface area contributed by atoms with E-state index in [4.69, 9.17) is 0 Å². The standard InChI is InChI=1S/C17H18N2/c1-11-12-7-5-9-18-15(12)16-13(8-6-10-19-16)14(11)17(2,3)4/h5-10H,1-4H3. The third kappa shape index (κ3) is 1.79. The van der Waals surface area contributed by atoms with E-state index in [9.17, 15) is 0 Å². The predicted molar refractivity (Wildman–Crippen MR) is 80.5 cm³/mol. The van der Waals surface area contributed by atoms with Crippen LogP contribution in [0, 0.1) is 6.92 Å². The zero-order chi connectivity index (χ0) is 13.6. The molecule has 2 aromatic heterocycles. The van der Waals surface area contributed by atoms with Crippen molar-refractivity contribution in [3.05, 3.63) is 47.8 Å². The van der Waals surface area contributed by atoms with Crippen LogP contribution in [0.1, 0.15) is 31.9 Å². The van der Waals surface area contributed by atoms with Gasteiger partial charge in [0.1, 0.15) is 0 Å². The molecule has 2 nitrogen and oxygen atoms in total. The fraction of sp³-hybridized carbons (Fsp3) is 0.294. The molecule has 0 saturated carbocycles. The normalized spacial score (nSPS) is 12.2. The van der Waals surface area contributed by atoms with Gasteiger partial charge in [0.2, 0.25) is 0 Å². The maximum Gasteiger partial charge on any atom is 0.0967 e. The minimum atomic E-state index is 0.0927. The lowest BCUT2D eigenvalue weighted by atomic mass is 9.80. The number of aromatic nitrogens is 2. The summed E-state index contributed by atoms with van der Waals surface area (Å²) in [5, 5.41) is 2.43. The van der Waals surface area contributed by atoms with E-state index in [-0.39, 0.29) is 5.41 Å². The molecule has 0 spiro atoms. The van der Waals surface area contributed by atoms with E-state index < -0.39 is 0 Å². The van der Waals surface area contributed by atoms with Crippen LogP contribution < -0.4 is 0 Å². The van der Waals surface area contributed by atoms with Crippen LogP contribution in [0.25, 0.3) is 21.8 Å². The van der Waals surface area contributed by atoms with Gasteiger partial charge in [0.25, 0.3) is 0 Å². The number of fused-ring (bicyclic) bond motifs is 3. The van der Waals surface area contributed by atoms with E-state index in [2.05, 4.69) is 49.8 Å². The van der Waals surface area contributed by atoms with Crippen molar-refractivity contribution in [2.24, 2.45) is 0 Å². The molecule has 0 bridgehead atoms. The first-order chi connectivity index (χ1) is 9.00. The Labute approximate surface area is 113 Å². The van der Waals surface area contributed by atoms with Gasteiger partial charge < -0.3 is 0 Å². The molecule has 1 aromatic carbocycles. The summed E-state index contributed by atoms with van der Waals surface area (Å²) in [6.45, 7) is 8.95. The Morgan fingerprint density at radius 2 is 1.37 bits per heavy atom. The summed E-state index contributed by atoms with van der Waals surface area (Å²) in [4.78, 5) is 9.09.